The summed E-state index contributed by atoms with van der Waals surface area (Å²) in [6.07, 6.45) is -0.473. The van der Waals surface area contributed by atoms with Gasteiger partial charge < -0.3 is 18.9 Å². The number of ether oxygens (including phenoxy) is 4. The maximum Gasteiger partial charge on any atom is 0.297 e. The van der Waals surface area contributed by atoms with Gasteiger partial charge in [-0.3, -0.25) is 8.98 Å². The molecule has 0 amide bonds. The van der Waals surface area contributed by atoms with Crippen molar-refractivity contribution in [1.29, 1.82) is 0 Å². The van der Waals surface area contributed by atoms with E-state index in [1.54, 1.807) is 42.5 Å². The summed E-state index contributed by atoms with van der Waals surface area (Å²) in [5.41, 5.74) is 1.87. The van der Waals surface area contributed by atoms with Crippen LogP contribution in [0.1, 0.15) is 53.4 Å². The third kappa shape index (κ3) is 5.79. The Balaban J connectivity index is 1.65. The van der Waals surface area contributed by atoms with Crippen LogP contribution in [-0.2, 0) is 20.7 Å². The molecule has 0 bridgehead atoms. The van der Waals surface area contributed by atoms with Gasteiger partial charge in [-0.25, -0.2) is 0 Å². The predicted octanol–water partition coefficient (Wildman–Crippen LogP) is 5.45. The number of ketones is 1. The van der Waals surface area contributed by atoms with E-state index >= 15 is 0 Å². The van der Waals surface area contributed by atoms with E-state index in [9.17, 15) is 13.2 Å². The van der Waals surface area contributed by atoms with Crippen molar-refractivity contribution < 1.29 is 36.3 Å². The van der Waals surface area contributed by atoms with E-state index in [4.69, 9.17) is 23.1 Å². The van der Waals surface area contributed by atoms with Crippen LogP contribution in [0.25, 0.3) is 0 Å². The fourth-order valence-corrected chi connectivity index (χ4v) is 5.54. The summed E-state index contributed by atoms with van der Waals surface area (Å²) in [5.74, 6) is 1.65. The van der Waals surface area contributed by atoms with E-state index < -0.39 is 21.8 Å². The van der Waals surface area contributed by atoms with E-state index in [1.165, 1.54) is 33.5 Å². The minimum atomic E-state index is -4.05. The topological polar surface area (TPSA) is 97.4 Å². The van der Waals surface area contributed by atoms with Crippen molar-refractivity contribution in [2.45, 2.75) is 50.2 Å². The molecule has 1 unspecified atom stereocenters. The molecule has 38 heavy (non-hydrogen) atoms. The number of aryl methyl sites for hydroxylation is 1. The first-order chi connectivity index (χ1) is 18.0. The van der Waals surface area contributed by atoms with Gasteiger partial charge >= 0.3 is 0 Å². The molecule has 3 aromatic carbocycles. The van der Waals surface area contributed by atoms with Gasteiger partial charge in [0.2, 0.25) is 5.75 Å². The van der Waals surface area contributed by atoms with Crippen LogP contribution >= 0.6 is 0 Å². The van der Waals surface area contributed by atoms with Crippen LogP contribution in [0.4, 0.5) is 0 Å². The van der Waals surface area contributed by atoms with Crippen molar-refractivity contribution in [2.24, 2.45) is 0 Å². The molecule has 0 aromatic heterocycles. The smallest absolute Gasteiger partial charge is 0.297 e. The van der Waals surface area contributed by atoms with Crippen LogP contribution in [-0.4, -0.2) is 41.1 Å². The van der Waals surface area contributed by atoms with Gasteiger partial charge in [0, 0.05) is 24.0 Å². The summed E-state index contributed by atoms with van der Waals surface area (Å²) in [6, 6.07) is 14.9. The van der Waals surface area contributed by atoms with Crippen molar-refractivity contribution >= 4 is 15.9 Å². The molecule has 3 aromatic rings. The van der Waals surface area contributed by atoms with Gasteiger partial charge in [-0.2, -0.15) is 8.42 Å². The third-order valence-corrected chi connectivity index (χ3v) is 7.72. The molecule has 9 heteroatoms. The summed E-state index contributed by atoms with van der Waals surface area (Å²) >= 11 is 0. The zero-order valence-corrected chi connectivity index (χ0v) is 23.2. The fourth-order valence-electron chi connectivity index (χ4n) is 4.49. The number of methoxy groups -OCH3 is 3. The zero-order chi connectivity index (χ0) is 27.7. The van der Waals surface area contributed by atoms with E-state index in [0.29, 0.717) is 39.7 Å². The number of Topliss-reactive ketones (excluding diaryl/α,β-unsaturated/α-hetero) is 1. The lowest BCUT2D eigenvalue weighted by molar-refractivity contribution is 0.0245. The standard InChI is InChI=1S/C29H32O8S/c1-18-7-10-21(11-8-18)38(31,32)37-27-17-29(2,3)36-24-12-9-20(16-22(24)27)23(30)13-19-14-25(33-4)28(35-6)26(15-19)34-5/h7-12,14-16,27H,13,17H2,1-6H3. The number of carbonyl (C=O) groups excluding carboxylic acids is 1. The van der Waals surface area contributed by atoms with Gasteiger partial charge in [-0.1, -0.05) is 17.7 Å². The number of benzene rings is 3. The van der Waals surface area contributed by atoms with E-state index in [2.05, 4.69) is 0 Å². The van der Waals surface area contributed by atoms with Gasteiger partial charge in [0.25, 0.3) is 10.1 Å². The van der Waals surface area contributed by atoms with E-state index in [0.717, 1.165) is 5.56 Å². The molecule has 4 rings (SSSR count). The summed E-state index contributed by atoms with van der Waals surface area (Å²) in [6.45, 7) is 5.62. The molecular weight excluding hydrogens is 508 g/mol. The highest BCUT2D eigenvalue weighted by Gasteiger charge is 2.38. The molecule has 0 fully saturated rings. The first-order valence-electron chi connectivity index (χ1n) is 12.1. The normalized spacial score (nSPS) is 16.2. The molecule has 0 N–H and O–H groups in total. The quantitative estimate of drug-likeness (QED) is 0.261. The maximum absolute atomic E-state index is 13.3. The van der Waals surface area contributed by atoms with Gasteiger partial charge in [0.15, 0.2) is 17.3 Å². The number of rotatable bonds is 9. The molecule has 1 aliphatic heterocycles. The van der Waals surface area contributed by atoms with Crippen LogP contribution in [0.5, 0.6) is 23.0 Å². The molecule has 0 radical (unpaired) electrons. The van der Waals surface area contributed by atoms with Gasteiger partial charge in [0.05, 0.1) is 26.2 Å². The van der Waals surface area contributed by atoms with Crippen LogP contribution in [0.15, 0.2) is 59.5 Å². The van der Waals surface area contributed by atoms with Crippen molar-refractivity contribution in [3.05, 3.63) is 76.9 Å². The van der Waals surface area contributed by atoms with Crippen molar-refractivity contribution in [2.75, 3.05) is 21.3 Å². The Bertz CT molecular complexity index is 1420. The largest absolute Gasteiger partial charge is 0.493 e. The second-order valence-electron chi connectivity index (χ2n) is 9.80. The van der Waals surface area contributed by atoms with Gasteiger partial charge in [-0.15, -0.1) is 0 Å². The van der Waals surface area contributed by atoms with Gasteiger partial charge in [-0.05, 0) is 68.8 Å². The Hall–Kier alpha value is -3.56. The van der Waals surface area contributed by atoms with Gasteiger partial charge in [0.1, 0.15) is 17.5 Å². The number of carbonyl (C=O) groups is 1. The molecular formula is C29H32O8S. The minimum Gasteiger partial charge on any atom is -0.493 e. The second-order valence-corrected chi connectivity index (χ2v) is 11.4. The molecule has 8 nitrogen and oxygen atoms in total. The average molecular weight is 541 g/mol. The minimum absolute atomic E-state index is 0.0645. The molecule has 0 spiro atoms. The van der Waals surface area contributed by atoms with Crippen LogP contribution in [0.2, 0.25) is 0 Å². The Labute approximate surface area is 223 Å². The molecule has 1 heterocycles. The lowest BCUT2D eigenvalue weighted by Crippen LogP contribution is -2.36. The summed E-state index contributed by atoms with van der Waals surface area (Å²) in [5, 5.41) is 0. The van der Waals surface area contributed by atoms with Crippen molar-refractivity contribution in [3.8, 4) is 23.0 Å². The van der Waals surface area contributed by atoms with E-state index in [1.807, 2.05) is 20.8 Å². The number of fused-ring (bicyclic) bond motifs is 1. The Morgan fingerprint density at radius 2 is 1.58 bits per heavy atom. The third-order valence-electron chi connectivity index (χ3n) is 6.38. The van der Waals surface area contributed by atoms with E-state index in [-0.39, 0.29) is 23.5 Å². The first-order valence-corrected chi connectivity index (χ1v) is 13.5. The fraction of sp³-hybridized carbons (Fsp3) is 0.345. The number of hydrogen-bond acceptors (Lipinski definition) is 8. The lowest BCUT2D eigenvalue weighted by atomic mass is 9.90. The van der Waals surface area contributed by atoms with Crippen molar-refractivity contribution in [1.82, 2.24) is 0 Å². The highest BCUT2D eigenvalue weighted by atomic mass is 32.2. The number of hydrogen-bond donors (Lipinski definition) is 0. The van der Waals surface area contributed by atoms with Crippen LogP contribution < -0.4 is 18.9 Å². The van der Waals surface area contributed by atoms with Crippen LogP contribution in [0.3, 0.4) is 0 Å². The lowest BCUT2D eigenvalue weighted by Gasteiger charge is -2.37. The predicted molar refractivity (Wildman–Crippen MR) is 142 cm³/mol. The summed E-state index contributed by atoms with van der Waals surface area (Å²) < 4.78 is 54.2. The molecule has 1 aliphatic rings. The SMILES string of the molecule is COc1cc(CC(=O)c2ccc3c(c2)C(OS(=O)(=O)c2ccc(C)cc2)CC(C)(C)O3)cc(OC)c1OC. The molecule has 0 saturated carbocycles. The van der Waals surface area contributed by atoms with Crippen LogP contribution in [0, 0.1) is 6.92 Å². The molecule has 0 saturated heterocycles. The Morgan fingerprint density at radius 3 is 2.16 bits per heavy atom. The summed E-state index contributed by atoms with van der Waals surface area (Å²) in [4.78, 5) is 13.4. The molecule has 1 atom stereocenters. The zero-order valence-electron chi connectivity index (χ0n) is 22.4. The first kappa shape index (κ1) is 27.5. The Kier molecular flexibility index (Phi) is 7.71. The monoisotopic (exact) mass is 540 g/mol. The summed E-state index contributed by atoms with van der Waals surface area (Å²) in [7, 11) is 0.485. The average Bonchev–Trinajstić information content (AvgIpc) is 2.87. The molecule has 0 aliphatic carbocycles. The second kappa shape index (κ2) is 10.7. The highest BCUT2D eigenvalue weighted by molar-refractivity contribution is 7.86. The highest BCUT2D eigenvalue weighted by Crippen LogP contribution is 2.43. The Morgan fingerprint density at radius 1 is 0.947 bits per heavy atom. The van der Waals surface area contributed by atoms with Crippen molar-refractivity contribution in [3.63, 3.8) is 0 Å². The maximum atomic E-state index is 13.3. The molecule has 202 valence electrons.